The van der Waals surface area contributed by atoms with E-state index in [1.807, 2.05) is 48.5 Å². The lowest BCUT2D eigenvalue weighted by Crippen LogP contribution is -2.32. The zero-order chi connectivity index (χ0) is 18.8. The van der Waals surface area contributed by atoms with Crippen molar-refractivity contribution in [3.63, 3.8) is 0 Å². The molecule has 0 saturated carbocycles. The topological polar surface area (TPSA) is 99.6 Å². The summed E-state index contributed by atoms with van der Waals surface area (Å²) in [6, 6.07) is 19.8. The van der Waals surface area contributed by atoms with Gasteiger partial charge in [0.05, 0.1) is 6.61 Å². The first kappa shape index (κ1) is 19.3. The van der Waals surface area contributed by atoms with Crippen molar-refractivity contribution < 1.29 is 14.3 Å². The third kappa shape index (κ3) is 5.53. The molecule has 5 N–H and O–H groups in total. The molecule has 2 rings (SSSR count). The molecule has 0 fully saturated rings. The van der Waals surface area contributed by atoms with Gasteiger partial charge < -0.3 is 20.6 Å². The Morgan fingerprint density at radius 1 is 1.08 bits per heavy atom. The molecule has 138 valence electrons. The van der Waals surface area contributed by atoms with Gasteiger partial charge in [-0.15, -0.1) is 0 Å². The van der Waals surface area contributed by atoms with Gasteiger partial charge in [0.15, 0.2) is 5.70 Å². The van der Waals surface area contributed by atoms with Crippen molar-refractivity contribution in [2.75, 3.05) is 6.61 Å². The fourth-order valence-corrected chi connectivity index (χ4v) is 2.55. The molecule has 2 aromatic carbocycles. The molecule has 0 aliphatic carbocycles. The van der Waals surface area contributed by atoms with E-state index in [0.29, 0.717) is 6.42 Å². The summed E-state index contributed by atoms with van der Waals surface area (Å²) in [5, 5.41) is 0. The molecule has 0 saturated heterocycles. The third-order valence-electron chi connectivity index (χ3n) is 3.85. The Kier molecular flexibility index (Phi) is 7.51. The van der Waals surface area contributed by atoms with E-state index in [-0.39, 0.29) is 24.3 Å². The number of benzene rings is 2. The number of rotatable bonds is 9. The Morgan fingerprint density at radius 3 is 2.27 bits per heavy atom. The van der Waals surface area contributed by atoms with E-state index in [9.17, 15) is 4.79 Å². The van der Waals surface area contributed by atoms with E-state index in [0.717, 1.165) is 12.0 Å². The first-order valence-corrected chi connectivity index (χ1v) is 8.54. The monoisotopic (exact) mass is 355 g/mol. The van der Waals surface area contributed by atoms with Crippen molar-refractivity contribution in [2.24, 2.45) is 11.6 Å². The molecule has 6 heteroatoms. The summed E-state index contributed by atoms with van der Waals surface area (Å²) < 4.78 is 10.8. The Balaban J connectivity index is 2.19. The van der Waals surface area contributed by atoms with Gasteiger partial charge in [0, 0.05) is 0 Å². The fraction of sp³-hybridized carbons (Fsp3) is 0.250. The van der Waals surface area contributed by atoms with E-state index in [4.69, 9.17) is 21.1 Å². The first-order valence-electron chi connectivity index (χ1n) is 8.54. The van der Waals surface area contributed by atoms with E-state index in [1.165, 1.54) is 5.56 Å². The molecule has 0 aliphatic heterocycles. The van der Waals surface area contributed by atoms with Gasteiger partial charge in [-0.25, -0.2) is 4.79 Å². The number of hydrazine groups is 1. The Hall–Kier alpha value is -2.99. The predicted octanol–water partition coefficient (Wildman–Crippen LogP) is 2.53. The van der Waals surface area contributed by atoms with Crippen LogP contribution in [0.5, 0.6) is 0 Å². The third-order valence-corrected chi connectivity index (χ3v) is 3.85. The van der Waals surface area contributed by atoms with Crippen LogP contribution in [0.1, 0.15) is 30.6 Å². The minimum atomic E-state index is -0.651. The number of hydrogen-bond donors (Lipinski definition) is 3. The summed E-state index contributed by atoms with van der Waals surface area (Å²) in [6.07, 6.45) is 1.17. The molecule has 0 aromatic heterocycles. The molecule has 26 heavy (non-hydrogen) atoms. The second kappa shape index (κ2) is 10.1. The summed E-state index contributed by atoms with van der Waals surface area (Å²) in [6.45, 7) is 1.92. The predicted molar refractivity (Wildman–Crippen MR) is 100 cm³/mol. The average Bonchev–Trinajstić information content (AvgIpc) is 2.67. The van der Waals surface area contributed by atoms with Crippen LogP contribution in [0.4, 0.5) is 0 Å². The molecule has 1 unspecified atom stereocenters. The van der Waals surface area contributed by atoms with Gasteiger partial charge in [0.25, 0.3) is 0 Å². The normalized spacial score (nSPS) is 12.7. The molecule has 6 nitrogen and oxygen atoms in total. The summed E-state index contributed by atoms with van der Waals surface area (Å²) in [5.41, 5.74) is 10.3. The lowest BCUT2D eigenvalue weighted by Gasteiger charge is -2.21. The van der Waals surface area contributed by atoms with Gasteiger partial charge in [0.2, 0.25) is 5.88 Å². The lowest BCUT2D eigenvalue weighted by molar-refractivity contribution is -0.139. The number of esters is 1. The fourth-order valence-electron chi connectivity index (χ4n) is 2.55. The smallest absolute Gasteiger partial charge is 0.361 e. The number of carbonyl (C=O) groups excluding carboxylic acids is 1. The molecule has 0 radical (unpaired) electrons. The largest absolute Gasteiger partial charge is 0.469 e. The maximum Gasteiger partial charge on any atom is 0.361 e. The van der Waals surface area contributed by atoms with Crippen LogP contribution in [0.25, 0.3) is 0 Å². The maximum atomic E-state index is 11.9. The summed E-state index contributed by atoms with van der Waals surface area (Å²) >= 11 is 0. The molecular weight excluding hydrogens is 330 g/mol. The zero-order valence-electron chi connectivity index (χ0n) is 14.9. The summed E-state index contributed by atoms with van der Waals surface area (Å²) in [4.78, 5) is 11.9. The highest BCUT2D eigenvalue weighted by Gasteiger charge is 2.20. The maximum absolute atomic E-state index is 11.9. The van der Waals surface area contributed by atoms with Crippen molar-refractivity contribution in [1.29, 1.82) is 0 Å². The van der Waals surface area contributed by atoms with Gasteiger partial charge in [-0.1, -0.05) is 60.7 Å². The number of nitrogens with two attached hydrogens (primary N) is 2. The second-order valence-corrected chi connectivity index (χ2v) is 5.65. The van der Waals surface area contributed by atoms with Crippen molar-refractivity contribution in [2.45, 2.75) is 25.9 Å². The molecular formula is C20H25N3O3. The van der Waals surface area contributed by atoms with Crippen molar-refractivity contribution in [1.82, 2.24) is 5.43 Å². The van der Waals surface area contributed by atoms with Crippen molar-refractivity contribution >= 4 is 5.97 Å². The number of ether oxygens (including phenoxy) is 2. The van der Waals surface area contributed by atoms with E-state index in [2.05, 4.69) is 17.6 Å². The number of hydrogen-bond acceptors (Lipinski definition) is 6. The highest BCUT2D eigenvalue weighted by molar-refractivity contribution is 5.88. The molecule has 1 atom stereocenters. The molecule has 2 aromatic rings. The SMILES string of the molecule is CCOC(=O)/C(NN)=C(/N)OC(CCc1ccccc1)c1ccccc1. The van der Waals surface area contributed by atoms with Crippen LogP contribution in [-0.4, -0.2) is 12.6 Å². The van der Waals surface area contributed by atoms with E-state index >= 15 is 0 Å². The quantitative estimate of drug-likeness (QED) is 0.210. The molecule has 0 spiro atoms. The van der Waals surface area contributed by atoms with Crippen LogP contribution >= 0.6 is 0 Å². The van der Waals surface area contributed by atoms with Crippen LogP contribution in [0.15, 0.2) is 72.2 Å². The molecule has 0 aliphatic rings. The average molecular weight is 355 g/mol. The van der Waals surface area contributed by atoms with E-state index in [1.54, 1.807) is 6.92 Å². The van der Waals surface area contributed by atoms with Crippen molar-refractivity contribution in [3.05, 3.63) is 83.4 Å². The molecule has 0 bridgehead atoms. The number of aryl methyl sites for hydroxylation is 1. The number of nitrogens with one attached hydrogen (secondary N) is 1. The van der Waals surface area contributed by atoms with Crippen LogP contribution in [-0.2, 0) is 20.7 Å². The van der Waals surface area contributed by atoms with Crippen LogP contribution in [0, 0.1) is 0 Å². The van der Waals surface area contributed by atoms with Crippen LogP contribution in [0.3, 0.4) is 0 Å². The summed E-state index contributed by atoms with van der Waals surface area (Å²) in [5.74, 6) is 4.68. The Morgan fingerprint density at radius 2 is 1.69 bits per heavy atom. The van der Waals surface area contributed by atoms with E-state index < -0.39 is 5.97 Å². The minimum absolute atomic E-state index is 0.0899. The summed E-state index contributed by atoms with van der Waals surface area (Å²) in [7, 11) is 0. The number of carbonyl (C=O) groups is 1. The first-order chi connectivity index (χ1) is 12.7. The highest BCUT2D eigenvalue weighted by atomic mass is 16.5. The van der Waals surface area contributed by atoms with Gasteiger partial charge in [-0.3, -0.25) is 5.84 Å². The standard InChI is InChI=1S/C20H25N3O3/c1-2-25-20(24)18(23-22)19(21)26-17(16-11-7-4-8-12-16)14-13-15-9-5-3-6-10-15/h3-12,17,23H,2,13-14,21-22H2,1H3/b19-18+. The van der Waals surface area contributed by atoms with Gasteiger partial charge in [-0.05, 0) is 30.9 Å². The Labute approximate surface area is 153 Å². The highest BCUT2D eigenvalue weighted by Crippen LogP contribution is 2.25. The van der Waals surface area contributed by atoms with Crippen LogP contribution in [0.2, 0.25) is 0 Å². The molecule has 0 amide bonds. The van der Waals surface area contributed by atoms with Gasteiger partial charge in [-0.2, -0.15) is 0 Å². The Bertz CT molecular complexity index is 718. The van der Waals surface area contributed by atoms with Crippen molar-refractivity contribution in [3.8, 4) is 0 Å². The second-order valence-electron chi connectivity index (χ2n) is 5.65. The van der Waals surface area contributed by atoms with Gasteiger partial charge >= 0.3 is 5.97 Å². The molecule has 0 heterocycles. The zero-order valence-corrected chi connectivity index (χ0v) is 14.9. The van der Waals surface area contributed by atoms with Crippen LogP contribution < -0.4 is 17.0 Å². The van der Waals surface area contributed by atoms with Gasteiger partial charge in [0.1, 0.15) is 6.10 Å². The minimum Gasteiger partial charge on any atom is -0.469 e. The lowest BCUT2D eigenvalue weighted by atomic mass is 10.0.